The summed E-state index contributed by atoms with van der Waals surface area (Å²) in [6.45, 7) is 0. The van der Waals surface area contributed by atoms with Crippen molar-refractivity contribution in [3.8, 4) is 62.0 Å². The number of hydrogen-bond acceptors (Lipinski definition) is 1. The van der Waals surface area contributed by atoms with Gasteiger partial charge in [-0.1, -0.05) is 72.8 Å². The molecule has 0 saturated heterocycles. The molecule has 21 heteroatoms. The number of aromatic nitrogens is 2. The molecule has 0 N–H and O–H groups in total. The largest absolute Gasteiger partial charge is 0.417 e. The topological polar surface area (TPSA) is 33.6 Å². The maximum atomic E-state index is 14.6. The predicted molar refractivity (Wildman–Crippen MR) is 272 cm³/mol. The summed E-state index contributed by atoms with van der Waals surface area (Å²) in [5.74, 6) is 0. The standard InChI is InChI=1S/C61H29F18N3/c62-56(63,64)36-13-16-40(48(28-36)60(74,75)76)33-11-19-53-46(25-33)42-5-1-3-7-50(42)81(53)52-18-10-32(35-22-38(58(68,69)70)27-39(23-35)59(71,72)73)24-45(52)44-15-9-31(30-80)21-55(44)82-51-8-4-2-6-43(51)47-26-34(12-20-54(47)82)41-17-14-37(57(65,66)67)29-49(41)61(77,78)79/h1-29H. The molecule has 0 fully saturated rings. The van der Waals surface area contributed by atoms with E-state index >= 15 is 0 Å². The molecule has 11 rings (SSSR count). The molecule has 9 aromatic carbocycles. The monoisotopic (exact) mass is 1150 g/mol. The lowest BCUT2D eigenvalue weighted by Crippen LogP contribution is -2.12. The predicted octanol–water partition coefficient (Wildman–Crippen LogP) is 20.5. The van der Waals surface area contributed by atoms with Gasteiger partial charge in [0.1, 0.15) is 0 Å². The lowest BCUT2D eigenvalue weighted by Gasteiger charge is -2.21. The molecular formula is C61H29F18N3. The number of nitriles is 1. The van der Waals surface area contributed by atoms with Crippen LogP contribution in [0.5, 0.6) is 0 Å². The van der Waals surface area contributed by atoms with Crippen molar-refractivity contribution in [3.05, 3.63) is 215 Å². The quantitative estimate of drug-likeness (QED) is 0.153. The van der Waals surface area contributed by atoms with Gasteiger partial charge in [-0.25, -0.2) is 0 Å². The van der Waals surface area contributed by atoms with E-state index in [0.29, 0.717) is 58.2 Å². The van der Waals surface area contributed by atoms with Gasteiger partial charge in [-0.15, -0.1) is 0 Å². The number of benzene rings is 9. The van der Waals surface area contributed by atoms with E-state index in [1.165, 1.54) is 72.8 Å². The van der Waals surface area contributed by atoms with Crippen molar-refractivity contribution in [2.24, 2.45) is 0 Å². The highest BCUT2D eigenvalue weighted by molar-refractivity contribution is 6.13. The van der Waals surface area contributed by atoms with Crippen LogP contribution in [0.3, 0.4) is 0 Å². The maximum Gasteiger partial charge on any atom is 0.417 e. The molecule has 2 heterocycles. The first-order valence-corrected chi connectivity index (χ1v) is 24.0. The van der Waals surface area contributed by atoms with Gasteiger partial charge in [-0.3, -0.25) is 0 Å². The van der Waals surface area contributed by atoms with Crippen molar-refractivity contribution < 1.29 is 79.0 Å². The van der Waals surface area contributed by atoms with Crippen LogP contribution in [0.25, 0.3) is 99.5 Å². The van der Waals surface area contributed by atoms with E-state index in [2.05, 4.69) is 0 Å². The highest BCUT2D eigenvalue weighted by Gasteiger charge is 2.41. The zero-order valence-electron chi connectivity index (χ0n) is 40.9. The van der Waals surface area contributed by atoms with E-state index in [1.54, 1.807) is 57.7 Å². The number of rotatable bonds is 6. The molecule has 0 atom stereocenters. The summed E-state index contributed by atoms with van der Waals surface area (Å²) in [5.41, 5.74) is -10.3. The Labute approximate surface area is 449 Å². The highest BCUT2D eigenvalue weighted by atomic mass is 19.4. The van der Waals surface area contributed by atoms with Crippen LogP contribution in [0.2, 0.25) is 0 Å². The summed E-state index contributed by atoms with van der Waals surface area (Å²) in [7, 11) is 0. The summed E-state index contributed by atoms with van der Waals surface area (Å²) < 4.78 is 260. The Morgan fingerprint density at radius 3 is 1.13 bits per heavy atom. The molecule has 3 nitrogen and oxygen atoms in total. The molecule has 0 unspecified atom stereocenters. The van der Waals surface area contributed by atoms with Gasteiger partial charge < -0.3 is 9.13 Å². The lowest BCUT2D eigenvalue weighted by atomic mass is 9.93. The van der Waals surface area contributed by atoms with Crippen LogP contribution in [-0.4, -0.2) is 9.13 Å². The van der Waals surface area contributed by atoms with Crippen LogP contribution in [0.15, 0.2) is 176 Å². The van der Waals surface area contributed by atoms with Crippen LogP contribution in [0, 0.1) is 11.3 Å². The van der Waals surface area contributed by atoms with E-state index < -0.39 is 87.1 Å². The van der Waals surface area contributed by atoms with Crippen molar-refractivity contribution in [2.75, 3.05) is 0 Å². The Morgan fingerprint density at radius 1 is 0.280 bits per heavy atom. The summed E-state index contributed by atoms with van der Waals surface area (Å²) >= 11 is 0. The van der Waals surface area contributed by atoms with E-state index in [-0.39, 0.29) is 84.8 Å². The Morgan fingerprint density at radius 2 is 0.695 bits per heavy atom. The van der Waals surface area contributed by atoms with Gasteiger partial charge in [-0.05, 0) is 137 Å². The molecule has 0 radical (unpaired) electrons. The minimum absolute atomic E-state index is 0.00263. The fraction of sp³-hybridized carbons (Fsp3) is 0.0984. The highest BCUT2D eigenvalue weighted by Crippen LogP contribution is 2.48. The molecule has 0 spiro atoms. The molecule has 0 aliphatic rings. The normalized spacial score (nSPS) is 13.0. The molecule has 414 valence electrons. The number of halogens is 18. The summed E-state index contributed by atoms with van der Waals surface area (Å²) in [5, 5.41) is 11.6. The zero-order chi connectivity index (χ0) is 58.8. The Bertz CT molecular complexity index is 4410. The second kappa shape index (κ2) is 19.0. The Balaban J connectivity index is 1.20. The zero-order valence-corrected chi connectivity index (χ0v) is 40.9. The first kappa shape index (κ1) is 54.8. The minimum atomic E-state index is -5.28. The van der Waals surface area contributed by atoms with Crippen LogP contribution in [0.4, 0.5) is 79.0 Å². The second-order valence-corrected chi connectivity index (χ2v) is 19.1. The number of fused-ring (bicyclic) bond motifs is 6. The van der Waals surface area contributed by atoms with Gasteiger partial charge in [0.25, 0.3) is 0 Å². The van der Waals surface area contributed by atoms with Crippen molar-refractivity contribution in [1.29, 1.82) is 5.26 Å². The molecule has 0 saturated carbocycles. The van der Waals surface area contributed by atoms with Gasteiger partial charge >= 0.3 is 37.1 Å². The van der Waals surface area contributed by atoms with E-state index in [4.69, 9.17) is 0 Å². The van der Waals surface area contributed by atoms with Crippen LogP contribution < -0.4 is 0 Å². The average molecular weight is 1150 g/mol. The van der Waals surface area contributed by atoms with Gasteiger partial charge in [0.05, 0.1) is 78.5 Å². The van der Waals surface area contributed by atoms with Crippen LogP contribution in [-0.2, 0) is 37.1 Å². The molecule has 0 amide bonds. The van der Waals surface area contributed by atoms with E-state index in [9.17, 15) is 84.3 Å². The molecule has 2 aromatic heterocycles. The first-order chi connectivity index (χ1) is 38.4. The third-order valence-electron chi connectivity index (χ3n) is 14.1. The van der Waals surface area contributed by atoms with Crippen LogP contribution >= 0.6 is 0 Å². The fourth-order valence-electron chi connectivity index (χ4n) is 10.5. The van der Waals surface area contributed by atoms with Crippen LogP contribution in [0.1, 0.15) is 38.9 Å². The Hall–Kier alpha value is -9.19. The van der Waals surface area contributed by atoms with Gasteiger partial charge in [-0.2, -0.15) is 84.3 Å². The lowest BCUT2D eigenvalue weighted by molar-refractivity contribution is -0.144. The third-order valence-corrected chi connectivity index (χ3v) is 14.1. The molecule has 0 bridgehead atoms. The molecular weight excluding hydrogens is 1120 g/mol. The second-order valence-electron chi connectivity index (χ2n) is 19.1. The summed E-state index contributed by atoms with van der Waals surface area (Å²) in [4.78, 5) is 0. The first-order valence-electron chi connectivity index (χ1n) is 24.0. The van der Waals surface area contributed by atoms with Gasteiger partial charge in [0.2, 0.25) is 0 Å². The van der Waals surface area contributed by atoms with Crippen molar-refractivity contribution >= 4 is 43.6 Å². The summed E-state index contributed by atoms with van der Waals surface area (Å²) in [6.07, 6.45) is -31.3. The smallest absolute Gasteiger partial charge is 0.309 e. The van der Waals surface area contributed by atoms with Crippen molar-refractivity contribution in [1.82, 2.24) is 9.13 Å². The van der Waals surface area contributed by atoms with Crippen molar-refractivity contribution in [3.63, 3.8) is 0 Å². The van der Waals surface area contributed by atoms with Crippen molar-refractivity contribution in [2.45, 2.75) is 37.1 Å². The number of para-hydroxylation sites is 2. The van der Waals surface area contributed by atoms with E-state index in [0.717, 1.165) is 0 Å². The molecule has 82 heavy (non-hydrogen) atoms. The average Bonchev–Trinajstić information content (AvgIpc) is 2.15. The van der Waals surface area contributed by atoms with Gasteiger partial charge in [0.15, 0.2) is 0 Å². The minimum Gasteiger partial charge on any atom is -0.309 e. The third kappa shape index (κ3) is 9.68. The molecule has 0 aliphatic carbocycles. The SMILES string of the molecule is N#Cc1ccc(-c2cc(-c3cc(C(F)(F)F)cc(C(F)(F)F)c3)ccc2-n2c3ccccc3c3cc(-c4ccc(C(F)(F)F)cc4C(F)(F)F)ccc32)c(-n2c3ccccc3c3cc(-c4ccc(C(F)(F)F)cc4C(F)(F)F)ccc32)c1. The van der Waals surface area contributed by atoms with Gasteiger partial charge in [0, 0.05) is 32.7 Å². The fourth-order valence-corrected chi connectivity index (χ4v) is 10.5. The molecule has 0 aliphatic heterocycles. The van der Waals surface area contributed by atoms with E-state index in [1.807, 2.05) is 6.07 Å². The Kier molecular flexibility index (Phi) is 12.7. The number of alkyl halides is 18. The summed E-state index contributed by atoms with van der Waals surface area (Å²) in [6, 6.07) is 34.1. The number of nitrogens with zero attached hydrogens (tertiary/aromatic N) is 3. The molecule has 11 aromatic rings. The number of hydrogen-bond donors (Lipinski definition) is 0. The maximum absolute atomic E-state index is 14.6.